The quantitative estimate of drug-likeness (QED) is 0.477. The minimum Gasteiger partial charge on any atom is -0.480 e. The van der Waals surface area contributed by atoms with Crippen LogP contribution in [0.1, 0.15) is 29.0 Å². The van der Waals surface area contributed by atoms with Gasteiger partial charge >= 0.3 is 0 Å². The number of pyridine rings is 1. The summed E-state index contributed by atoms with van der Waals surface area (Å²) in [7, 11) is -0.0527. The second kappa shape index (κ2) is 9.76. The number of halogens is 4. The molecule has 5 nitrogen and oxygen atoms in total. The molecule has 3 aromatic rings. The molecule has 0 radical (unpaired) electrons. The molecule has 0 aliphatic carbocycles. The third-order valence-corrected chi connectivity index (χ3v) is 6.93. The normalized spacial score (nSPS) is 16.7. The van der Waals surface area contributed by atoms with Gasteiger partial charge in [-0.25, -0.2) is 18.2 Å². The Kier molecular flexibility index (Phi) is 6.95. The summed E-state index contributed by atoms with van der Waals surface area (Å²) in [6, 6.07) is 7.75. The highest BCUT2D eigenvalue weighted by Gasteiger charge is 2.34. The number of ether oxygens (including phenoxy) is 1. The predicted molar refractivity (Wildman–Crippen MR) is 123 cm³/mol. The number of fused-ring (bicyclic) bond motifs is 1. The highest BCUT2D eigenvalue weighted by Crippen LogP contribution is 2.37. The molecule has 2 aromatic carbocycles. The first-order valence-corrected chi connectivity index (χ1v) is 12.2. The number of anilines is 1. The van der Waals surface area contributed by atoms with Gasteiger partial charge in [-0.1, -0.05) is 17.7 Å². The van der Waals surface area contributed by atoms with E-state index in [1.807, 2.05) is 0 Å². The summed E-state index contributed by atoms with van der Waals surface area (Å²) in [5.74, 6) is -3.47. The van der Waals surface area contributed by atoms with Crippen molar-refractivity contribution in [3.05, 3.63) is 81.8 Å². The molecule has 0 spiro atoms. The van der Waals surface area contributed by atoms with Gasteiger partial charge in [0.25, 0.3) is 0 Å². The summed E-state index contributed by atoms with van der Waals surface area (Å²) >= 11 is 5.74. The van der Waals surface area contributed by atoms with E-state index in [0.29, 0.717) is 10.5 Å². The molecule has 1 amide bonds. The standard InChI is InChI=1S/C24H20ClF3N2O3S/c1-33-23-22(34(2)32)8-13(11-29-23)15-6-7-16-18(26)4-3-5-21(16)30(24(15)31)12-17-19(27)9-14(25)10-20(17)28/h3-5,8-11,15H,6-7,12H2,1-2H3. The molecular weight excluding hydrogens is 489 g/mol. The van der Waals surface area contributed by atoms with Gasteiger partial charge in [0.05, 0.1) is 36.1 Å². The summed E-state index contributed by atoms with van der Waals surface area (Å²) in [5.41, 5.74) is 0.596. The molecular formula is C24H20ClF3N2O3S. The number of hydrogen-bond donors (Lipinski definition) is 0. The van der Waals surface area contributed by atoms with Crippen LogP contribution in [0.5, 0.6) is 5.88 Å². The third kappa shape index (κ3) is 4.54. The lowest BCUT2D eigenvalue weighted by Gasteiger charge is -2.27. The van der Waals surface area contributed by atoms with E-state index in [1.165, 1.54) is 36.6 Å². The Balaban J connectivity index is 1.82. The fraction of sp³-hybridized carbons (Fsp3) is 0.250. The number of carbonyl (C=O) groups is 1. The van der Waals surface area contributed by atoms with E-state index >= 15 is 0 Å². The van der Waals surface area contributed by atoms with Crippen molar-refractivity contribution in [3.8, 4) is 5.88 Å². The van der Waals surface area contributed by atoms with E-state index < -0.39 is 46.6 Å². The minimum absolute atomic E-state index is 0.116. The lowest BCUT2D eigenvalue weighted by atomic mass is 9.93. The molecule has 0 fully saturated rings. The smallest absolute Gasteiger partial charge is 0.234 e. The molecule has 0 N–H and O–H groups in total. The topological polar surface area (TPSA) is 59.5 Å². The van der Waals surface area contributed by atoms with Crippen molar-refractivity contribution < 1.29 is 26.9 Å². The average molecular weight is 509 g/mol. The molecule has 4 rings (SSSR count). The maximum absolute atomic E-state index is 14.7. The zero-order valence-corrected chi connectivity index (χ0v) is 19.9. The van der Waals surface area contributed by atoms with Crippen LogP contribution in [-0.4, -0.2) is 28.5 Å². The molecule has 34 heavy (non-hydrogen) atoms. The third-order valence-electron chi connectivity index (χ3n) is 5.80. The summed E-state index contributed by atoms with van der Waals surface area (Å²) in [4.78, 5) is 19.4. The molecule has 0 bridgehead atoms. The second-order valence-electron chi connectivity index (χ2n) is 7.83. The van der Waals surface area contributed by atoms with Crippen LogP contribution < -0.4 is 9.64 Å². The number of aromatic nitrogens is 1. The second-order valence-corrected chi connectivity index (χ2v) is 9.62. The van der Waals surface area contributed by atoms with Gasteiger partial charge in [-0.15, -0.1) is 0 Å². The van der Waals surface area contributed by atoms with Crippen LogP contribution in [-0.2, 0) is 28.6 Å². The fourth-order valence-corrected chi connectivity index (χ4v) is 4.99. The molecule has 0 saturated carbocycles. The van der Waals surface area contributed by atoms with Crippen molar-refractivity contribution in [2.75, 3.05) is 18.3 Å². The monoisotopic (exact) mass is 508 g/mol. The molecule has 1 aliphatic heterocycles. The van der Waals surface area contributed by atoms with Crippen LogP contribution in [0.15, 0.2) is 47.5 Å². The van der Waals surface area contributed by atoms with E-state index in [1.54, 1.807) is 12.1 Å². The maximum atomic E-state index is 14.7. The number of carbonyl (C=O) groups excluding carboxylic acids is 1. The Labute approximate surface area is 202 Å². The van der Waals surface area contributed by atoms with E-state index in [-0.39, 0.29) is 40.6 Å². The SMILES string of the molecule is COc1ncc(C2CCc3c(F)cccc3N(Cc3c(F)cc(Cl)cc3F)C2=O)cc1S(C)=O. The predicted octanol–water partition coefficient (Wildman–Crippen LogP) is 5.16. The van der Waals surface area contributed by atoms with Gasteiger partial charge in [0.15, 0.2) is 0 Å². The maximum Gasteiger partial charge on any atom is 0.234 e. The van der Waals surface area contributed by atoms with E-state index in [9.17, 15) is 22.2 Å². The largest absolute Gasteiger partial charge is 0.480 e. The van der Waals surface area contributed by atoms with Gasteiger partial charge < -0.3 is 9.64 Å². The lowest BCUT2D eigenvalue weighted by molar-refractivity contribution is -0.120. The van der Waals surface area contributed by atoms with Crippen LogP contribution in [0.25, 0.3) is 0 Å². The minimum atomic E-state index is -1.45. The zero-order valence-electron chi connectivity index (χ0n) is 18.3. The Bertz CT molecular complexity index is 1280. The molecule has 1 aromatic heterocycles. The molecule has 178 valence electrons. The van der Waals surface area contributed by atoms with Crippen LogP contribution in [0.3, 0.4) is 0 Å². The van der Waals surface area contributed by atoms with Crippen molar-refractivity contribution in [2.45, 2.75) is 30.2 Å². The highest BCUT2D eigenvalue weighted by molar-refractivity contribution is 7.84. The van der Waals surface area contributed by atoms with Crippen LogP contribution in [0.2, 0.25) is 5.02 Å². The van der Waals surface area contributed by atoms with Gasteiger partial charge in [0.1, 0.15) is 22.3 Å². The summed E-state index contributed by atoms with van der Waals surface area (Å²) < 4.78 is 61.3. The van der Waals surface area contributed by atoms with Crippen molar-refractivity contribution in [1.29, 1.82) is 0 Å². The Morgan fingerprint density at radius 1 is 1.18 bits per heavy atom. The first-order valence-electron chi connectivity index (χ1n) is 10.3. The van der Waals surface area contributed by atoms with E-state index in [4.69, 9.17) is 16.3 Å². The number of rotatable bonds is 5. The molecule has 2 atom stereocenters. The van der Waals surface area contributed by atoms with Crippen LogP contribution in [0.4, 0.5) is 18.9 Å². The van der Waals surface area contributed by atoms with Gasteiger partial charge in [-0.05, 0) is 48.7 Å². The molecule has 1 aliphatic rings. The van der Waals surface area contributed by atoms with Crippen molar-refractivity contribution in [3.63, 3.8) is 0 Å². The Morgan fingerprint density at radius 2 is 1.88 bits per heavy atom. The van der Waals surface area contributed by atoms with Crippen LogP contribution in [0, 0.1) is 17.5 Å². The first kappa shape index (κ1) is 24.2. The summed E-state index contributed by atoms with van der Waals surface area (Å²) in [6.45, 7) is -0.462. The molecule has 10 heteroatoms. The number of benzene rings is 2. The summed E-state index contributed by atoms with van der Waals surface area (Å²) in [5, 5.41) is -0.116. The van der Waals surface area contributed by atoms with Gasteiger partial charge in [-0.3, -0.25) is 9.00 Å². The number of hydrogen-bond acceptors (Lipinski definition) is 4. The number of amides is 1. The Hall–Kier alpha value is -2.91. The molecule has 0 saturated heterocycles. The zero-order chi connectivity index (χ0) is 24.6. The van der Waals surface area contributed by atoms with Crippen LogP contribution >= 0.6 is 11.6 Å². The fourth-order valence-electron chi connectivity index (χ4n) is 4.12. The van der Waals surface area contributed by atoms with Gasteiger partial charge in [-0.2, -0.15) is 0 Å². The average Bonchev–Trinajstić information content (AvgIpc) is 2.93. The highest BCUT2D eigenvalue weighted by atomic mass is 35.5. The summed E-state index contributed by atoms with van der Waals surface area (Å²) in [6.07, 6.45) is 3.32. The van der Waals surface area contributed by atoms with Crippen molar-refractivity contribution >= 4 is 34.0 Å². The van der Waals surface area contributed by atoms with E-state index in [2.05, 4.69) is 4.98 Å². The van der Waals surface area contributed by atoms with Gasteiger partial charge in [0.2, 0.25) is 11.8 Å². The van der Waals surface area contributed by atoms with Gasteiger partial charge in [0, 0.05) is 28.6 Å². The van der Waals surface area contributed by atoms with Crippen molar-refractivity contribution in [2.24, 2.45) is 0 Å². The number of nitrogens with zero attached hydrogens (tertiary/aromatic N) is 2. The lowest BCUT2D eigenvalue weighted by Crippen LogP contribution is -2.34. The Morgan fingerprint density at radius 3 is 2.53 bits per heavy atom. The van der Waals surface area contributed by atoms with E-state index in [0.717, 1.165) is 12.1 Å². The number of methoxy groups -OCH3 is 1. The molecule has 2 unspecified atom stereocenters. The first-order chi connectivity index (χ1) is 16.2. The van der Waals surface area contributed by atoms with Crippen molar-refractivity contribution in [1.82, 2.24) is 4.98 Å². The molecule has 2 heterocycles.